The fourth-order valence-electron chi connectivity index (χ4n) is 1.90. The normalized spacial score (nSPS) is 11.8. The number of rotatable bonds is 5. The Hall–Kier alpha value is -2.33. The Bertz CT molecular complexity index is 607. The van der Waals surface area contributed by atoms with Gasteiger partial charge in [-0.2, -0.15) is 0 Å². The van der Waals surface area contributed by atoms with Gasteiger partial charge in [0.2, 0.25) is 0 Å². The molecule has 0 aromatic heterocycles. The number of carbonyl (C=O) groups excluding carboxylic acids is 1. The van der Waals surface area contributed by atoms with Gasteiger partial charge in [-0.3, -0.25) is 4.79 Å². The van der Waals surface area contributed by atoms with Crippen LogP contribution in [0.2, 0.25) is 0 Å². The Kier molecular flexibility index (Phi) is 4.38. The van der Waals surface area contributed by atoms with Gasteiger partial charge in [-0.05, 0) is 29.8 Å². The molecule has 2 aromatic carbocycles. The van der Waals surface area contributed by atoms with Gasteiger partial charge in [-0.1, -0.05) is 24.3 Å². The van der Waals surface area contributed by atoms with Crippen molar-refractivity contribution in [1.29, 1.82) is 0 Å². The molecule has 0 aliphatic heterocycles. The van der Waals surface area contributed by atoms with Crippen molar-refractivity contribution in [3.8, 4) is 11.5 Å². The highest BCUT2D eigenvalue weighted by atomic mass is 16.5. The first kappa shape index (κ1) is 14.1. The van der Waals surface area contributed by atoms with E-state index in [2.05, 4.69) is 0 Å². The largest absolute Gasteiger partial charge is 0.497 e. The summed E-state index contributed by atoms with van der Waals surface area (Å²) >= 11 is 0. The lowest BCUT2D eigenvalue weighted by Gasteiger charge is -2.12. The van der Waals surface area contributed by atoms with Gasteiger partial charge in [0.1, 0.15) is 17.6 Å². The number of ketones is 1. The second-order valence-corrected chi connectivity index (χ2v) is 4.28. The summed E-state index contributed by atoms with van der Waals surface area (Å²) in [6, 6.07) is 13.5. The SMILES string of the molecule is COc1cccc(C(=O)[C@@H](O)c2cccc(OC)c2)c1. The molecule has 4 nitrogen and oxygen atoms in total. The van der Waals surface area contributed by atoms with E-state index in [9.17, 15) is 9.90 Å². The van der Waals surface area contributed by atoms with E-state index in [-0.39, 0.29) is 5.78 Å². The molecule has 0 radical (unpaired) electrons. The van der Waals surface area contributed by atoms with Gasteiger partial charge in [0.05, 0.1) is 14.2 Å². The molecule has 0 heterocycles. The maximum Gasteiger partial charge on any atom is 0.195 e. The third-order valence-corrected chi connectivity index (χ3v) is 3.01. The van der Waals surface area contributed by atoms with E-state index in [4.69, 9.17) is 9.47 Å². The first-order chi connectivity index (χ1) is 9.65. The Morgan fingerprint density at radius 2 is 1.60 bits per heavy atom. The number of hydrogen-bond donors (Lipinski definition) is 1. The fourth-order valence-corrected chi connectivity index (χ4v) is 1.90. The molecule has 1 N–H and O–H groups in total. The first-order valence-electron chi connectivity index (χ1n) is 6.16. The van der Waals surface area contributed by atoms with Crippen LogP contribution in [-0.4, -0.2) is 25.1 Å². The summed E-state index contributed by atoms with van der Waals surface area (Å²) < 4.78 is 10.2. The summed E-state index contributed by atoms with van der Waals surface area (Å²) in [5.74, 6) is 0.797. The van der Waals surface area contributed by atoms with Crippen molar-refractivity contribution in [1.82, 2.24) is 0 Å². The average Bonchev–Trinajstić information content (AvgIpc) is 2.53. The molecule has 1 atom stereocenters. The number of methoxy groups -OCH3 is 2. The van der Waals surface area contributed by atoms with Crippen LogP contribution in [0.4, 0.5) is 0 Å². The third kappa shape index (κ3) is 2.97. The highest BCUT2D eigenvalue weighted by Gasteiger charge is 2.20. The number of aliphatic hydroxyl groups excluding tert-OH is 1. The van der Waals surface area contributed by atoms with E-state index in [1.165, 1.54) is 14.2 Å². The summed E-state index contributed by atoms with van der Waals surface area (Å²) in [6.07, 6.45) is -1.22. The summed E-state index contributed by atoms with van der Waals surface area (Å²) in [5, 5.41) is 10.2. The van der Waals surface area contributed by atoms with Crippen molar-refractivity contribution < 1.29 is 19.4 Å². The molecule has 104 valence electrons. The van der Waals surface area contributed by atoms with Crippen LogP contribution in [-0.2, 0) is 0 Å². The minimum absolute atomic E-state index is 0.378. The van der Waals surface area contributed by atoms with E-state index in [1.54, 1.807) is 48.5 Å². The van der Waals surface area contributed by atoms with Gasteiger partial charge in [0.25, 0.3) is 0 Å². The zero-order chi connectivity index (χ0) is 14.5. The topological polar surface area (TPSA) is 55.8 Å². The maximum absolute atomic E-state index is 12.3. The van der Waals surface area contributed by atoms with Gasteiger partial charge in [-0.25, -0.2) is 0 Å². The van der Waals surface area contributed by atoms with Crippen LogP contribution in [0, 0.1) is 0 Å². The van der Waals surface area contributed by atoms with E-state index < -0.39 is 6.10 Å². The Morgan fingerprint density at radius 1 is 1.00 bits per heavy atom. The van der Waals surface area contributed by atoms with Gasteiger partial charge in [0.15, 0.2) is 5.78 Å². The molecule has 0 amide bonds. The maximum atomic E-state index is 12.3. The number of hydrogen-bond acceptors (Lipinski definition) is 4. The molecular formula is C16H16O4. The summed E-state index contributed by atoms with van der Waals surface area (Å²) in [6.45, 7) is 0. The standard InChI is InChI=1S/C16H16O4/c1-19-13-7-3-5-11(9-13)15(17)16(18)12-6-4-8-14(10-12)20-2/h3-10,15,17H,1-2H3/t15-/m0/s1. The highest BCUT2D eigenvalue weighted by Crippen LogP contribution is 2.23. The van der Waals surface area contributed by atoms with E-state index >= 15 is 0 Å². The van der Waals surface area contributed by atoms with Gasteiger partial charge < -0.3 is 14.6 Å². The number of ether oxygens (including phenoxy) is 2. The molecule has 0 fully saturated rings. The van der Waals surface area contributed by atoms with Crippen LogP contribution in [0.3, 0.4) is 0 Å². The zero-order valence-electron chi connectivity index (χ0n) is 11.4. The molecular weight excluding hydrogens is 256 g/mol. The van der Waals surface area contributed by atoms with Crippen LogP contribution in [0.5, 0.6) is 11.5 Å². The summed E-state index contributed by atoms with van der Waals surface area (Å²) in [7, 11) is 3.07. The number of aliphatic hydroxyl groups is 1. The second-order valence-electron chi connectivity index (χ2n) is 4.28. The van der Waals surface area contributed by atoms with Crippen LogP contribution >= 0.6 is 0 Å². The predicted molar refractivity (Wildman–Crippen MR) is 75.3 cm³/mol. The molecule has 2 rings (SSSR count). The number of carbonyl (C=O) groups is 1. The van der Waals surface area contributed by atoms with Crippen molar-refractivity contribution in [3.63, 3.8) is 0 Å². The third-order valence-electron chi connectivity index (χ3n) is 3.01. The monoisotopic (exact) mass is 272 g/mol. The number of Topliss-reactive ketones (excluding diaryl/α,β-unsaturated/α-hetero) is 1. The number of benzene rings is 2. The van der Waals surface area contributed by atoms with Crippen LogP contribution in [0.15, 0.2) is 48.5 Å². The molecule has 0 unspecified atom stereocenters. The second kappa shape index (κ2) is 6.21. The van der Waals surface area contributed by atoms with Crippen molar-refractivity contribution in [2.45, 2.75) is 6.10 Å². The molecule has 0 aliphatic rings. The van der Waals surface area contributed by atoms with Crippen LogP contribution in [0.25, 0.3) is 0 Å². The first-order valence-corrected chi connectivity index (χ1v) is 6.16. The van der Waals surface area contributed by atoms with E-state index in [0.29, 0.717) is 22.6 Å². The van der Waals surface area contributed by atoms with Crippen molar-refractivity contribution in [2.75, 3.05) is 14.2 Å². The fraction of sp³-hybridized carbons (Fsp3) is 0.188. The van der Waals surface area contributed by atoms with Gasteiger partial charge >= 0.3 is 0 Å². The molecule has 2 aromatic rings. The van der Waals surface area contributed by atoms with Crippen molar-refractivity contribution >= 4 is 5.78 Å². The van der Waals surface area contributed by atoms with Crippen molar-refractivity contribution in [3.05, 3.63) is 59.7 Å². The Balaban J connectivity index is 2.27. The molecule has 20 heavy (non-hydrogen) atoms. The van der Waals surface area contributed by atoms with E-state index in [0.717, 1.165) is 0 Å². The quantitative estimate of drug-likeness (QED) is 0.850. The highest BCUT2D eigenvalue weighted by molar-refractivity contribution is 6.00. The van der Waals surface area contributed by atoms with Gasteiger partial charge in [0, 0.05) is 5.56 Å². The molecule has 0 aliphatic carbocycles. The van der Waals surface area contributed by atoms with Crippen LogP contribution < -0.4 is 9.47 Å². The van der Waals surface area contributed by atoms with Crippen LogP contribution in [0.1, 0.15) is 22.0 Å². The smallest absolute Gasteiger partial charge is 0.195 e. The van der Waals surface area contributed by atoms with E-state index in [1.807, 2.05) is 0 Å². The predicted octanol–water partition coefficient (Wildman–Crippen LogP) is 2.62. The average molecular weight is 272 g/mol. The molecule has 0 saturated heterocycles. The van der Waals surface area contributed by atoms with Gasteiger partial charge in [-0.15, -0.1) is 0 Å². The summed E-state index contributed by atoms with van der Waals surface area (Å²) in [5.41, 5.74) is 0.900. The molecule has 0 saturated carbocycles. The lowest BCUT2D eigenvalue weighted by atomic mass is 9.99. The lowest BCUT2D eigenvalue weighted by molar-refractivity contribution is 0.0747. The molecule has 0 spiro atoms. The molecule has 4 heteroatoms. The zero-order valence-corrected chi connectivity index (χ0v) is 11.4. The van der Waals surface area contributed by atoms with Crippen molar-refractivity contribution in [2.24, 2.45) is 0 Å². The Labute approximate surface area is 117 Å². The molecule has 0 bridgehead atoms. The Morgan fingerprint density at radius 3 is 2.25 bits per heavy atom. The minimum atomic E-state index is -1.22. The summed E-state index contributed by atoms with van der Waals surface area (Å²) in [4.78, 5) is 12.3. The lowest BCUT2D eigenvalue weighted by Crippen LogP contribution is -2.12. The minimum Gasteiger partial charge on any atom is -0.497 e.